The Morgan fingerprint density at radius 3 is 2.39 bits per heavy atom. The standard InChI is InChI=1S/C24H28N8.HI/c1-19-29-30-23(31(19)2)18-27-24(26-17-21-7-4-3-5-8-21)25-15-13-20-9-11-22(12-10-20)32-16-6-14-28-32;/h3-12,14,16H,13,15,17-18H2,1-2H3,(H2,25,26,27);1H. The molecular weight excluding hydrogens is 527 g/mol. The molecule has 4 aromatic rings. The molecule has 9 heteroatoms. The smallest absolute Gasteiger partial charge is 0.191 e. The molecule has 2 heterocycles. The lowest BCUT2D eigenvalue weighted by Crippen LogP contribution is -2.38. The van der Waals surface area contributed by atoms with Crippen molar-refractivity contribution < 1.29 is 0 Å². The number of benzene rings is 2. The normalized spacial score (nSPS) is 11.2. The van der Waals surface area contributed by atoms with Crippen molar-refractivity contribution in [3.63, 3.8) is 0 Å². The van der Waals surface area contributed by atoms with Gasteiger partial charge in [-0.15, -0.1) is 34.2 Å². The minimum Gasteiger partial charge on any atom is -0.356 e. The van der Waals surface area contributed by atoms with Gasteiger partial charge in [0, 0.05) is 26.0 Å². The summed E-state index contributed by atoms with van der Waals surface area (Å²) in [6.45, 7) is 3.86. The molecule has 0 aliphatic carbocycles. The Bertz CT molecular complexity index is 1140. The van der Waals surface area contributed by atoms with Gasteiger partial charge < -0.3 is 15.2 Å². The second-order valence-electron chi connectivity index (χ2n) is 7.52. The number of nitrogens with zero attached hydrogens (tertiary/aromatic N) is 6. The van der Waals surface area contributed by atoms with Crippen LogP contribution in [0, 0.1) is 6.92 Å². The SMILES string of the molecule is Cc1nnc(CNC(=NCc2ccccc2)NCCc2ccc(-n3cccn3)cc2)n1C.I. The van der Waals surface area contributed by atoms with Gasteiger partial charge >= 0.3 is 0 Å². The minimum atomic E-state index is 0. The van der Waals surface area contributed by atoms with E-state index in [9.17, 15) is 0 Å². The van der Waals surface area contributed by atoms with Crippen molar-refractivity contribution in [3.05, 3.63) is 95.8 Å². The molecule has 0 fully saturated rings. The number of nitrogens with one attached hydrogen (secondary N) is 2. The van der Waals surface area contributed by atoms with Crippen LogP contribution in [0.5, 0.6) is 0 Å². The van der Waals surface area contributed by atoms with Crippen LogP contribution in [0.3, 0.4) is 0 Å². The summed E-state index contributed by atoms with van der Waals surface area (Å²) in [4.78, 5) is 4.75. The van der Waals surface area contributed by atoms with Crippen LogP contribution in [0.4, 0.5) is 0 Å². The zero-order valence-corrected chi connectivity index (χ0v) is 21.2. The third-order valence-corrected chi connectivity index (χ3v) is 5.27. The summed E-state index contributed by atoms with van der Waals surface area (Å²) in [6, 6.07) is 20.6. The van der Waals surface area contributed by atoms with E-state index in [1.807, 2.05) is 53.7 Å². The number of guanidine groups is 1. The van der Waals surface area contributed by atoms with Gasteiger partial charge in [-0.05, 0) is 42.7 Å². The van der Waals surface area contributed by atoms with Crippen molar-refractivity contribution in [1.82, 2.24) is 35.2 Å². The fourth-order valence-electron chi connectivity index (χ4n) is 3.26. The Morgan fingerprint density at radius 2 is 1.73 bits per heavy atom. The van der Waals surface area contributed by atoms with Crippen molar-refractivity contribution in [1.29, 1.82) is 0 Å². The number of aliphatic imine (C=N–C) groups is 1. The summed E-state index contributed by atoms with van der Waals surface area (Å²) < 4.78 is 3.83. The lowest BCUT2D eigenvalue weighted by atomic mass is 10.1. The van der Waals surface area contributed by atoms with Crippen LogP contribution >= 0.6 is 24.0 Å². The molecule has 0 spiro atoms. The molecule has 8 nitrogen and oxygen atoms in total. The van der Waals surface area contributed by atoms with Crippen LogP contribution in [-0.4, -0.2) is 37.0 Å². The van der Waals surface area contributed by atoms with Gasteiger partial charge in [0.05, 0.1) is 18.8 Å². The number of hydrogen-bond donors (Lipinski definition) is 2. The first-order valence-electron chi connectivity index (χ1n) is 10.7. The van der Waals surface area contributed by atoms with Gasteiger partial charge in [0.2, 0.25) is 0 Å². The van der Waals surface area contributed by atoms with E-state index in [1.54, 1.807) is 6.20 Å². The lowest BCUT2D eigenvalue weighted by Gasteiger charge is -2.13. The van der Waals surface area contributed by atoms with E-state index in [0.29, 0.717) is 13.1 Å². The van der Waals surface area contributed by atoms with Crippen molar-refractivity contribution in [2.75, 3.05) is 6.54 Å². The van der Waals surface area contributed by atoms with Gasteiger partial charge in [-0.25, -0.2) is 9.67 Å². The maximum atomic E-state index is 4.75. The summed E-state index contributed by atoms with van der Waals surface area (Å²) >= 11 is 0. The van der Waals surface area contributed by atoms with E-state index in [-0.39, 0.29) is 24.0 Å². The zero-order chi connectivity index (χ0) is 22.2. The Hall–Kier alpha value is -3.21. The highest BCUT2D eigenvalue weighted by atomic mass is 127. The van der Waals surface area contributed by atoms with Gasteiger partial charge in [-0.1, -0.05) is 42.5 Å². The highest BCUT2D eigenvalue weighted by molar-refractivity contribution is 14.0. The first-order valence-corrected chi connectivity index (χ1v) is 10.7. The quantitative estimate of drug-likeness (QED) is 0.198. The third kappa shape index (κ3) is 6.88. The van der Waals surface area contributed by atoms with E-state index in [1.165, 1.54) is 5.56 Å². The summed E-state index contributed by atoms with van der Waals surface area (Å²) in [6.07, 6.45) is 4.61. The molecule has 0 saturated carbocycles. The molecule has 0 bridgehead atoms. The van der Waals surface area contributed by atoms with Crippen LogP contribution in [0.1, 0.15) is 22.8 Å². The third-order valence-electron chi connectivity index (χ3n) is 5.27. The predicted molar refractivity (Wildman–Crippen MR) is 141 cm³/mol. The molecular formula is C24H29IN8. The molecule has 2 aromatic heterocycles. The van der Waals surface area contributed by atoms with Gasteiger partial charge in [-0.2, -0.15) is 5.10 Å². The molecule has 0 radical (unpaired) electrons. The van der Waals surface area contributed by atoms with E-state index in [2.05, 4.69) is 62.3 Å². The van der Waals surface area contributed by atoms with E-state index >= 15 is 0 Å². The maximum Gasteiger partial charge on any atom is 0.191 e. The molecule has 4 rings (SSSR count). The van der Waals surface area contributed by atoms with Crippen LogP contribution in [0.15, 0.2) is 78.0 Å². The molecule has 2 aromatic carbocycles. The molecule has 0 atom stereocenters. The molecule has 0 unspecified atom stereocenters. The van der Waals surface area contributed by atoms with Crippen LogP contribution in [0.2, 0.25) is 0 Å². The fraction of sp³-hybridized carbons (Fsp3) is 0.250. The average Bonchev–Trinajstić information content (AvgIpc) is 3.47. The van der Waals surface area contributed by atoms with Gasteiger partial charge in [-0.3, -0.25) is 0 Å². The summed E-state index contributed by atoms with van der Waals surface area (Å²) in [5.41, 5.74) is 3.47. The van der Waals surface area contributed by atoms with Gasteiger partial charge in [0.15, 0.2) is 11.8 Å². The lowest BCUT2D eigenvalue weighted by molar-refractivity contribution is 0.712. The first kappa shape index (κ1) is 24.4. The summed E-state index contributed by atoms with van der Waals surface area (Å²) in [7, 11) is 1.97. The fourth-order valence-corrected chi connectivity index (χ4v) is 3.26. The van der Waals surface area contributed by atoms with Crippen LogP contribution in [0.25, 0.3) is 5.69 Å². The Labute approximate surface area is 211 Å². The molecule has 0 saturated heterocycles. The number of rotatable bonds is 8. The second kappa shape index (κ2) is 12.1. The Balaban J connectivity index is 0.00000306. The minimum absolute atomic E-state index is 0. The van der Waals surface area contributed by atoms with Crippen molar-refractivity contribution in [3.8, 4) is 5.69 Å². The molecule has 0 aliphatic heterocycles. The highest BCUT2D eigenvalue weighted by Crippen LogP contribution is 2.09. The highest BCUT2D eigenvalue weighted by Gasteiger charge is 2.06. The summed E-state index contributed by atoms with van der Waals surface area (Å²) in [5, 5.41) is 19.4. The molecule has 0 aliphatic rings. The number of aromatic nitrogens is 5. The zero-order valence-electron chi connectivity index (χ0n) is 18.8. The summed E-state index contributed by atoms with van der Waals surface area (Å²) in [5.74, 6) is 2.50. The number of halogens is 1. The van der Waals surface area contributed by atoms with Gasteiger partial charge in [0.1, 0.15) is 5.82 Å². The van der Waals surface area contributed by atoms with Crippen molar-refractivity contribution in [2.24, 2.45) is 12.0 Å². The molecule has 33 heavy (non-hydrogen) atoms. The predicted octanol–water partition coefficient (Wildman–Crippen LogP) is 3.41. The van der Waals surface area contributed by atoms with Crippen molar-refractivity contribution in [2.45, 2.75) is 26.4 Å². The van der Waals surface area contributed by atoms with E-state index in [4.69, 9.17) is 4.99 Å². The van der Waals surface area contributed by atoms with Crippen molar-refractivity contribution >= 4 is 29.9 Å². The van der Waals surface area contributed by atoms with E-state index < -0.39 is 0 Å². The molecule has 172 valence electrons. The van der Waals surface area contributed by atoms with Crippen LogP contribution in [-0.2, 0) is 26.6 Å². The van der Waals surface area contributed by atoms with Crippen LogP contribution < -0.4 is 10.6 Å². The molecule has 0 amide bonds. The van der Waals surface area contributed by atoms with Gasteiger partial charge in [0.25, 0.3) is 0 Å². The van der Waals surface area contributed by atoms with E-state index in [0.717, 1.165) is 41.8 Å². The topological polar surface area (TPSA) is 84.9 Å². The number of aryl methyl sites for hydroxylation is 1. The second-order valence-corrected chi connectivity index (χ2v) is 7.52. The largest absolute Gasteiger partial charge is 0.356 e. The monoisotopic (exact) mass is 556 g/mol. The Morgan fingerprint density at radius 1 is 0.939 bits per heavy atom. The average molecular weight is 556 g/mol. The molecule has 2 N–H and O–H groups in total. The maximum absolute atomic E-state index is 4.75. The number of hydrogen-bond acceptors (Lipinski definition) is 4. The Kier molecular flexibility index (Phi) is 8.99. The first-order chi connectivity index (χ1) is 15.7.